The number of aromatic hydroxyl groups is 1. The molecule has 176 valence electrons. The molecular formula is C28H30N2O4. The van der Waals surface area contributed by atoms with Crippen molar-refractivity contribution in [2.45, 2.75) is 57.3 Å². The lowest BCUT2D eigenvalue weighted by Gasteiger charge is -2.22. The van der Waals surface area contributed by atoms with Gasteiger partial charge in [0.2, 0.25) is 0 Å². The molecule has 2 aromatic carbocycles. The van der Waals surface area contributed by atoms with E-state index in [1.165, 1.54) is 0 Å². The largest absolute Gasteiger partial charge is 0.507 e. The molecule has 1 heterocycles. The van der Waals surface area contributed by atoms with E-state index in [-0.39, 0.29) is 23.6 Å². The molecule has 0 radical (unpaired) electrons. The Hall–Kier alpha value is -3.54. The van der Waals surface area contributed by atoms with Crippen LogP contribution in [-0.2, 0) is 12.8 Å². The van der Waals surface area contributed by atoms with Crippen LogP contribution in [0.4, 0.5) is 16.2 Å². The number of hydrogen-bond acceptors (Lipinski definition) is 4. The molecule has 3 N–H and O–H groups in total. The zero-order valence-corrected chi connectivity index (χ0v) is 19.2. The maximum atomic E-state index is 13.1. The highest BCUT2D eigenvalue weighted by Crippen LogP contribution is 2.49. The number of para-hydroxylation sites is 1. The van der Waals surface area contributed by atoms with E-state index in [9.17, 15) is 14.7 Å². The van der Waals surface area contributed by atoms with Crippen molar-refractivity contribution in [2.24, 2.45) is 5.92 Å². The maximum Gasteiger partial charge on any atom is 0.343 e. The van der Waals surface area contributed by atoms with Crippen LogP contribution in [0.3, 0.4) is 0 Å². The first kappa shape index (κ1) is 22.3. The van der Waals surface area contributed by atoms with Crippen molar-refractivity contribution < 1.29 is 14.3 Å². The quantitative estimate of drug-likeness (QED) is 0.425. The third kappa shape index (κ3) is 4.86. The van der Waals surface area contributed by atoms with E-state index in [0.29, 0.717) is 29.1 Å². The van der Waals surface area contributed by atoms with Crippen molar-refractivity contribution in [1.29, 1.82) is 0 Å². The highest BCUT2D eigenvalue weighted by molar-refractivity contribution is 5.99. The maximum absolute atomic E-state index is 13.1. The molecule has 0 saturated heterocycles. The minimum absolute atomic E-state index is 0.116. The molecule has 5 rings (SSSR count). The summed E-state index contributed by atoms with van der Waals surface area (Å²) in [6.45, 7) is 0. The minimum Gasteiger partial charge on any atom is -0.507 e. The first-order chi connectivity index (χ1) is 16.6. The Morgan fingerprint density at radius 3 is 2.38 bits per heavy atom. The van der Waals surface area contributed by atoms with Gasteiger partial charge in [-0.05, 0) is 67.9 Å². The molecule has 1 unspecified atom stereocenters. The second kappa shape index (κ2) is 9.75. The van der Waals surface area contributed by atoms with Gasteiger partial charge in [0, 0.05) is 29.3 Å². The van der Waals surface area contributed by atoms with Gasteiger partial charge >= 0.3 is 11.7 Å². The molecule has 34 heavy (non-hydrogen) atoms. The van der Waals surface area contributed by atoms with E-state index >= 15 is 0 Å². The minimum atomic E-state index is -0.436. The fourth-order valence-electron chi connectivity index (χ4n) is 5.02. The number of amides is 2. The molecule has 0 spiro atoms. The predicted octanol–water partition coefficient (Wildman–Crippen LogP) is 6.19. The molecule has 0 aliphatic heterocycles. The summed E-state index contributed by atoms with van der Waals surface area (Å²) in [5, 5.41) is 17.0. The number of anilines is 2. The monoisotopic (exact) mass is 458 g/mol. The Morgan fingerprint density at radius 1 is 0.912 bits per heavy atom. The summed E-state index contributed by atoms with van der Waals surface area (Å²) in [4.78, 5) is 25.6. The van der Waals surface area contributed by atoms with Gasteiger partial charge in [0.05, 0.1) is 5.56 Å². The summed E-state index contributed by atoms with van der Waals surface area (Å²) in [6.07, 6.45) is 7.61. The first-order valence-electron chi connectivity index (χ1n) is 12.2. The summed E-state index contributed by atoms with van der Waals surface area (Å²) < 4.78 is 5.79. The normalized spacial score (nSPS) is 16.6. The zero-order valence-electron chi connectivity index (χ0n) is 19.2. The average molecular weight is 459 g/mol. The van der Waals surface area contributed by atoms with Crippen molar-refractivity contribution in [1.82, 2.24) is 0 Å². The molecule has 1 atom stereocenters. The van der Waals surface area contributed by atoms with Gasteiger partial charge in [-0.15, -0.1) is 0 Å². The second-order valence-corrected chi connectivity index (χ2v) is 9.35. The number of hydrogen-bond donors (Lipinski definition) is 3. The van der Waals surface area contributed by atoms with Gasteiger partial charge in [0.1, 0.15) is 11.5 Å². The lowest BCUT2D eigenvalue weighted by molar-refractivity contribution is 0.262. The van der Waals surface area contributed by atoms with Crippen molar-refractivity contribution in [3.05, 3.63) is 87.5 Å². The summed E-state index contributed by atoms with van der Waals surface area (Å²) in [5.41, 5.74) is 2.97. The Labute approximate surface area is 199 Å². The molecule has 6 heteroatoms. The molecule has 3 aromatic rings. The zero-order chi connectivity index (χ0) is 23.5. The molecule has 6 nitrogen and oxygen atoms in total. The summed E-state index contributed by atoms with van der Waals surface area (Å²) >= 11 is 0. The Balaban J connectivity index is 1.45. The van der Waals surface area contributed by atoms with Crippen LogP contribution in [0.25, 0.3) is 0 Å². The van der Waals surface area contributed by atoms with E-state index < -0.39 is 5.63 Å². The van der Waals surface area contributed by atoms with Crippen LogP contribution >= 0.6 is 0 Å². The average Bonchev–Trinajstić information content (AvgIpc) is 3.64. The molecular weight excluding hydrogens is 428 g/mol. The number of carbonyl (C=O) groups is 1. The van der Waals surface area contributed by atoms with Gasteiger partial charge in [0.15, 0.2) is 0 Å². The first-order valence-corrected chi connectivity index (χ1v) is 12.2. The lowest BCUT2D eigenvalue weighted by atomic mass is 9.85. The molecule has 1 saturated carbocycles. The van der Waals surface area contributed by atoms with E-state index in [4.69, 9.17) is 4.42 Å². The standard InChI is InChI=1S/C28H30N2O4/c31-26-22-13-6-1-2-7-14-23(22)34-27(32)25(26)24(18-15-16-18)19-9-8-12-21(17-19)30-28(33)29-20-10-4-3-5-11-20/h3-5,8-12,17-18,24,31H,1-2,6-7,13-16H2,(H2,29,30,33). The number of fused-ring (bicyclic) bond motifs is 1. The van der Waals surface area contributed by atoms with Crippen molar-refractivity contribution in [3.8, 4) is 5.75 Å². The van der Waals surface area contributed by atoms with Crippen molar-refractivity contribution >= 4 is 17.4 Å². The number of benzene rings is 2. The van der Waals surface area contributed by atoms with Crippen molar-refractivity contribution in [3.63, 3.8) is 0 Å². The van der Waals surface area contributed by atoms with Gasteiger partial charge < -0.3 is 20.2 Å². The fraction of sp³-hybridized carbons (Fsp3) is 0.357. The van der Waals surface area contributed by atoms with Gasteiger partial charge in [0.25, 0.3) is 0 Å². The SMILES string of the molecule is O=C(Nc1ccccc1)Nc1cccc(C(c2c(O)c3c(oc2=O)CCCCCC3)C2CC2)c1. The Bertz CT molecular complexity index is 1230. The van der Waals surface area contributed by atoms with E-state index in [1.807, 2.05) is 54.6 Å². The summed E-state index contributed by atoms with van der Waals surface area (Å²) in [6, 6.07) is 16.4. The highest BCUT2D eigenvalue weighted by atomic mass is 16.4. The Morgan fingerprint density at radius 2 is 1.62 bits per heavy atom. The molecule has 1 fully saturated rings. The van der Waals surface area contributed by atoms with Crippen LogP contribution in [0.1, 0.15) is 66.9 Å². The van der Waals surface area contributed by atoms with Crippen LogP contribution in [-0.4, -0.2) is 11.1 Å². The van der Waals surface area contributed by atoms with Crippen LogP contribution < -0.4 is 16.3 Å². The summed E-state index contributed by atoms with van der Waals surface area (Å²) in [7, 11) is 0. The van der Waals surface area contributed by atoms with Crippen LogP contribution in [0.5, 0.6) is 5.75 Å². The molecule has 2 aliphatic carbocycles. The van der Waals surface area contributed by atoms with Gasteiger partial charge in [-0.1, -0.05) is 43.2 Å². The smallest absolute Gasteiger partial charge is 0.343 e. The number of aryl methyl sites for hydroxylation is 1. The van der Waals surface area contributed by atoms with Crippen molar-refractivity contribution in [2.75, 3.05) is 10.6 Å². The molecule has 1 aromatic heterocycles. The summed E-state index contributed by atoms with van der Waals surface area (Å²) in [5.74, 6) is 0.776. The third-order valence-electron chi connectivity index (χ3n) is 6.83. The lowest BCUT2D eigenvalue weighted by Crippen LogP contribution is -2.20. The number of rotatable bonds is 5. The number of nitrogens with one attached hydrogen (secondary N) is 2. The molecule has 2 amide bonds. The Kier molecular flexibility index (Phi) is 6.39. The topological polar surface area (TPSA) is 91.6 Å². The van der Waals surface area contributed by atoms with Gasteiger partial charge in [-0.25, -0.2) is 9.59 Å². The second-order valence-electron chi connectivity index (χ2n) is 9.35. The number of urea groups is 1. The fourth-order valence-corrected chi connectivity index (χ4v) is 5.02. The van der Waals surface area contributed by atoms with Crippen LogP contribution in [0, 0.1) is 5.92 Å². The van der Waals surface area contributed by atoms with Gasteiger partial charge in [-0.3, -0.25) is 0 Å². The molecule has 2 aliphatic rings. The highest BCUT2D eigenvalue weighted by Gasteiger charge is 2.38. The van der Waals surface area contributed by atoms with Crippen LogP contribution in [0.15, 0.2) is 63.8 Å². The van der Waals surface area contributed by atoms with E-state index in [1.54, 1.807) is 0 Å². The third-order valence-corrected chi connectivity index (χ3v) is 6.83. The van der Waals surface area contributed by atoms with E-state index in [0.717, 1.165) is 56.1 Å². The predicted molar refractivity (Wildman–Crippen MR) is 133 cm³/mol. The van der Waals surface area contributed by atoms with E-state index in [2.05, 4.69) is 10.6 Å². The van der Waals surface area contributed by atoms with Crippen LogP contribution in [0.2, 0.25) is 0 Å². The molecule has 0 bridgehead atoms. The number of carbonyl (C=O) groups excluding carboxylic acids is 1. The van der Waals surface area contributed by atoms with Gasteiger partial charge in [-0.2, -0.15) is 0 Å².